The van der Waals surface area contributed by atoms with Crippen molar-refractivity contribution in [1.29, 1.82) is 0 Å². The minimum Gasteiger partial charge on any atom is -0.0757 e. The average Bonchev–Trinajstić information content (AvgIpc) is 3.13. The molecule has 1 aliphatic rings. The molecule has 0 saturated heterocycles. The summed E-state index contributed by atoms with van der Waals surface area (Å²) >= 11 is 0. The van der Waals surface area contributed by atoms with E-state index in [9.17, 15) is 0 Å². The van der Waals surface area contributed by atoms with Gasteiger partial charge in [-0.25, -0.2) is 0 Å². The predicted molar refractivity (Wildman–Crippen MR) is 199 cm³/mol. The van der Waals surface area contributed by atoms with Crippen LogP contribution < -0.4 is 10.4 Å². The van der Waals surface area contributed by atoms with Crippen LogP contribution in [0.4, 0.5) is 0 Å². The van der Waals surface area contributed by atoms with E-state index in [1.54, 1.807) is 0 Å². The zero-order valence-electron chi connectivity index (χ0n) is 25.4. The number of fused-ring (bicyclic) bond motifs is 11. The Hall–Kier alpha value is -5.72. The van der Waals surface area contributed by atoms with Crippen molar-refractivity contribution < 1.29 is 0 Å². The van der Waals surface area contributed by atoms with E-state index in [-0.39, 0.29) is 0 Å². The highest BCUT2D eigenvalue weighted by Crippen LogP contribution is 2.36. The van der Waals surface area contributed by atoms with Crippen LogP contribution in [-0.2, 0) is 0 Å². The van der Waals surface area contributed by atoms with E-state index in [2.05, 4.69) is 164 Å². The molecule has 0 spiro atoms. The number of hydrogen-bond acceptors (Lipinski definition) is 0. The summed E-state index contributed by atoms with van der Waals surface area (Å²) in [6, 6.07) is 56.6. The van der Waals surface area contributed by atoms with Gasteiger partial charge in [0.05, 0.1) is 0 Å². The summed E-state index contributed by atoms with van der Waals surface area (Å²) in [7, 11) is 0. The molecule has 9 aromatic carbocycles. The molecule has 0 bridgehead atoms. The van der Waals surface area contributed by atoms with Gasteiger partial charge < -0.3 is 0 Å². The summed E-state index contributed by atoms with van der Waals surface area (Å²) in [5, 5.41) is 18.4. The average molecular weight is 583 g/mol. The highest BCUT2D eigenvalue weighted by Gasteiger charge is 2.14. The van der Waals surface area contributed by atoms with Gasteiger partial charge >= 0.3 is 0 Å². The van der Waals surface area contributed by atoms with Crippen molar-refractivity contribution in [2.24, 2.45) is 0 Å². The van der Waals surface area contributed by atoms with Gasteiger partial charge in [-0.05, 0) is 116 Å². The molecule has 1 atom stereocenters. The Bertz CT molecular complexity index is 2840. The second-order valence-electron chi connectivity index (χ2n) is 12.9. The zero-order chi connectivity index (χ0) is 30.2. The molecule has 0 fully saturated rings. The molecule has 9 aromatic rings. The molecular weight excluding hydrogens is 553 g/mol. The van der Waals surface area contributed by atoms with Gasteiger partial charge in [-0.1, -0.05) is 146 Å². The van der Waals surface area contributed by atoms with Gasteiger partial charge in [0.1, 0.15) is 0 Å². The fourth-order valence-corrected chi connectivity index (χ4v) is 7.92. The Kier molecular flexibility index (Phi) is 5.50. The summed E-state index contributed by atoms with van der Waals surface area (Å²) < 4.78 is 0. The van der Waals surface area contributed by atoms with E-state index in [0.29, 0.717) is 5.92 Å². The quantitative estimate of drug-likeness (QED) is 0.178. The largest absolute Gasteiger partial charge is 0.0757 e. The first kappa shape index (κ1) is 25.6. The lowest BCUT2D eigenvalue weighted by Gasteiger charge is -2.17. The fraction of sp³-hybridized carbons (Fsp3) is 0.0435. The van der Waals surface area contributed by atoms with Crippen LogP contribution in [0.15, 0.2) is 152 Å². The zero-order valence-corrected chi connectivity index (χ0v) is 25.4. The molecule has 0 amide bonds. The molecule has 0 aliphatic heterocycles. The fourth-order valence-electron chi connectivity index (χ4n) is 7.92. The molecule has 46 heavy (non-hydrogen) atoms. The number of benzene rings is 9. The van der Waals surface area contributed by atoms with Gasteiger partial charge in [-0.3, -0.25) is 0 Å². The number of hydrogen-bond donors (Lipinski definition) is 0. The van der Waals surface area contributed by atoms with E-state index >= 15 is 0 Å². The third kappa shape index (κ3) is 3.93. The number of rotatable bonds is 2. The van der Waals surface area contributed by atoms with E-state index in [0.717, 1.165) is 6.42 Å². The van der Waals surface area contributed by atoms with Crippen molar-refractivity contribution in [2.45, 2.75) is 12.3 Å². The molecule has 10 rings (SSSR count). The predicted octanol–water partition coefficient (Wildman–Crippen LogP) is 11.0. The lowest BCUT2D eigenvalue weighted by molar-refractivity contribution is 0.923. The van der Waals surface area contributed by atoms with Crippen molar-refractivity contribution in [3.05, 3.63) is 168 Å². The van der Waals surface area contributed by atoms with Crippen LogP contribution in [0.3, 0.4) is 0 Å². The molecule has 214 valence electrons. The Morgan fingerprint density at radius 1 is 0.348 bits per heavy atom. The van der Waals surface area contributed by atoms with Gasteiger partial charge in [0.15, 0.2) is 0 Å². The second-order valence-corrected chi connectivity index (χ2v) is 12.9. The van der Waals surface area contributed by atoms with Crippen LogP contribution in [-0.4, -0.2) is 0 Å². The maximum Gasteiger partial charge on any atom is 0.00622 e. The molecule has 0 heteroatoms. The van der Waals surface area contributed by atoms with Crippen LogP contribution in [0.5, 0.6) is 0 Å². The monoisotopic (exact) mass is 582 g/mol. The lowest BCUT2D eigenvalue weighted by atomic mass is 9.87. The van der Waals surface area contributed by atoms with Gasteiger partial charge in [0.2, 0.25) is 0 Å². The van der Waals surface area contributed by atoms with E-state index in [1.807, 2.05) is 0 Å². The van der Waals surface area contributed by atoms with E-state index in [1.165, 1.54) is 91.8 Å². The summed E-state index contributed by atoms with van der Waals surface area (Å²) in [4.78, 5) is 0. The minimum atomic E-state index is 0.361. The van der Waals surface area contributed by atoms with Gasteiger partial charge in [0, 0.05) is 5.92 Å². The van der Waals surface area contributed by atoms with Crippen LogP contribution in [0.25, 0.3) is 87.9 Å². The molecule has 0 saturated carbocycles. The van der Waals surface area contributed by atoms with Crippen molar-refractivity contribution in [2.75, 3.05) is 0 Å². The molecule has 1 unspecified atom stereocenters. The smallest absolute Gasteiger partial charge is 0.00622 e. The summed E-state index contributed by atoms with van der Waals surface area (Å²) in [5.74, 6) is 0.361. The summed E-state index contributed by atoms with van der Waals surface area (Å²) in [6.45, 7) is 0. The van der Waals surface area contributed by atoms with E-state index in [4.69, 9.17) is 0 Å². The second kappa shape index (κ2) is 9.89. The third-order valence-electron chi connectivity index (χ3n) is 10.3. The Labute approximate surface area is 267 Å². The molecule has 0 heterocycles. The van der Waals surface area contributed by atoms with Gasteiger partial charge in [0.25, 0.3) is 0 Å². The van der Waals surface area contributed by atoms with E-state index < -0.39 is 0 Å². The summed E-state index contributed by atoms with van der Waals surface area (Å²) in [6.07, 6.45) is 5.91. The molecule has 0 aromatic heterocycles. The summed E-state index contributed by atoms with van der Waals surface area (Å²) in [5.41, 5.74) is 3.92. The molecule has 0 radical (unpaired) electrons. The SMILES string of the molecule is C1=c2ccc(-c3ccc4ccc5c6ccccc6ccc5c4c3)cc2=CCC1c1ccc2ccc3c4ccccc4ccc3c2c1. The van der Waals surface area contributed by atoms with Crippen LogP contribution in [0.1, 0.15) is 17.9 Å². The van der Waals surface area contributed by atoms with Crippen LogP contribution in [0, 0.1) is 0 Å². The van der Waals surface area contributed by atoms with Crippen LogP contribution in [0.2, 0.25) is 0 Å². The van der Waals surface area contributed by atoms with Crippen molar-refractivity contribution in [3.8, 4) is 11.1 Å². The van der Waals surface area contributed by atoms with Gasteiger partial charge in [-0.2, -0.15) is 0 Å². The van der Waals surface area contributed by atoms with Crippen molar-refractivity contribution >= 4 is 76.8 Å². The van der Waals surface area contributed by atoms with Gasteiger partial charge in [-0.15, -0.1) is 0 Å². The normalized spacial score (nSPS) is 14.6. The first-order valence-electron chi connectivity index (χ1n) is 16.3. The third-order valence-corrected chi connectivity index (χ3v) is 10.3. The van der Waals surface area contributed by atoms with Crippen molar-refractivity contribution in [3.63, 3.8) is 0 Å². The first-order chi connectivity index (χ1) is 22.8. The molecular formula is C46H30. The maximum absolute atomic E-state index is 2.47. The lowest BCUT2D eigenvalue weighted by Crippen LogP contribution is -2.28. The van der Waals surface area contributed by atoms with Crippen LogP contribution >= 0.6 is 0 Å². The maximum atomic E-state index is 2.47. The topological polar surface area (TPSA) is 0 Å². The van der Waals surface area contributed by atoms with Crippen molar-refractivity contribution in [1.82, 2.24) is 0 Å². The minimum absolute atomic E-state index is 0.361. The molecule has 1 aliphatic carbocycles. The first-order valence-corrected chi connectivity index (χ1v) is 16.3. The Morgan fingerprint density at radius 3 is 1.52 bits per heavy atom. The highest BCUT2D eigenvalue weighted by molar-refractivity contribution is 6.18. The Morgan fingerprint density at radius 2 is 0.848 bits per heavy atom. The standard InChI is InChI=1S/C46H30/c1-3-7-39-29(5-1)17-23-43-41(39)21-19-31-9-11-37(27-45(31)43)35-15-13-34-26-36(16-14-33(34)25-35)38-12-10-32-20-22-42-40-8-4-2-6-30(40)18-24-44(42)46(32)28-38/h1-15,17-28,36H,16H2. The molecule has 0 N–H and O–H groups in total. The Balaban J connectivity index is 1.04. The molecule has 0 nitrogen and oxygen atoms in total. The highest BCUT2D eigenvalue weighted by atomic mass is 14.2.